The zero-order chi connectivity index (χ0) is 15.5. The van der Waals surface area contributed by atoms with Crippen molar-refractivity contribution in [2.24, 2.45) is 5.92 Å². The van der Waals surface area contributed by atoms with Crippen LogP contribution in [0.15, 0.2) is 23.1 Å². The Hall–Kier alpha value is -0.740. The molecule has 1 unspecified atom stereocenters. The van der Waals surface area contributed by atoms with Gasteiger partial charge in [0.05, 0.1) is 11.5 Å². The van der Waals surface area contributed by atoms with Crippen LogP contribution >= 0.6 is 10.7 Å². The Kier molecular flexibility index (Phi) is 5.55. The molecule has 0 aromatic heterocycles. The molecule has 0 saturated heterocycles. The molecule has 1 atom stereocenters. The fourth-order valence-corrected chi connectivity index (χ4v) is 3.59. The van der Waals surface area contributed by atoms with Gasteiger partial charge in [-0.15, -0.1) is 0 Å². The summed E-state index contributed by atoms with van der Waals surface area (Å²) in [6.07, 6.45) is 5.95. The van der Waals surface area contributed by atoms with Gasteiger partial charge in [-0.1, -0.05) is 26.7 Å². The zero-order valence-electron chi connectivity index (χ0n) is 12.6. The van der Waals surface area contributed by atoms with Crippen molar-refractivity contribution in [3.8, 4) is 5.75 Å². The highest BCUT2D eigenvalue weighted by atomic mass is 35.7. The second-order valence-corrected chi connectivity index (χ2v) is 8.47. The smallest absolute Gasteiger partial charge is 0.261 e. The molecule has 0 aliphatic heterocycles. The predicted octanol–water partition coefficient (Wildman–Crippen LogP) is 4.70. The van der Waals surface area contributed by atoms with Gasteiger partial charge in [0.1, 0.15) is 5.75 Å². The normalized spacial score (nSPS) is 17.9. The molecular weight excluding hydrogens is 308 g/mol. The Morgan fingerprint density at radius 2 is 2.00 bits per heavy atom. The lowest BCUT2D eigenvalue weighted by molar-refractivity contribution is 0.249. The molecule has 118 valence electrons. The third-order valence-electron chi connectivity index (χ3n) is 4.36. The van der Waals surface area contributed by atoms with E-state index < -0.39 is 9.05 Å². The van der Waals surface area contributed by atoms with Crippen LogP contribution in [0.1, 0.15) is 57.4 Å². The van der Waals surface area contributed by atoms with E-state index in [-0.39, 0.29) is 10.8 Å². The van der Waals surface area contributed by atoms with Gasteiger partial charge in [-0.25, -0.2) is 8.42 Å². The van der Waals surface area contributed by atoms with E-state index in [1.54, 1.807) is 12.1 Å². The average Bonchev–Trinajstić information content (AvgIpc) is 2.96. The van der Waals surface area contributed by atoms with Crippen molar-refractivity contribution in [2.75, 3.05) is 6.61 Å². The number of rotatable bonds is 6. The largest absolute Gasteiger partial charge is 0.493 e. The molecule has 1 aromatic carbocycles. The first-order valence-electron chi connectivity index (χ1n) is 7.63. The van der Waals surface area contributed by atoms with Gasteiger partial charge in [-0.05, 0) is 54.9 Å². The van der Waals surface area contributed by atoms with Gasteiger partial charge in [0, 0.05) is 10.7 Å². The van der Waals surface area contributed by atoms with Crippen molar-refractivity contribution < 1.29 is 13.2 Å². The third-order valence-corrected chi connectivity index (χ3v) is 5.71. The van der Waals surface area contributed by atoms with Crippen molar-refractivity contribution in [1.29, 1.82) is 0 Å². The van der Waals surface area contributed by atoms with Crippen LogP contribution in [-0.2, 0) is 9.05 Å². The van der Waals surface area contributed by atoms with Crippen LogP contribution in [0.4, 0.5) is 0 Å². The summed E-state index contributed by atoms with van der Waals surface area (Å²) >= 11 is 0. The number of hydrogen-bond donors (Lipinski definition) is 0. The molecule has 1 aromatic rings. The molecule has 0 radical (unpaired) electrons. The van der Waals surface area contributed by atoms with Gasteiger partial charge in [0.25, 0.3) is 9.05 Å². The maximum atomic E-state index is 11.5. The standard InChI is InChI=1S/C16H23ClO3S/c1-3-12(2)15-10-14(21(17,18)19)8-9-16(15)20-11-13-6-4-5-7-13/h8-10,12-13H,3-7,11H2,1-2H3. The molecule has 5 heteroatoms. The third kappa shape index (κ3) is 4.36. The van der Waals surface area contributed by atoms with Crippen LogP contribution in [0.25, 0.3) is 0 Å². The van der Waals surface area contributed by atoms with E-state index in [0.717, 1.165) is 24.3 Å². The van der Waals surface area contributed by atoms with Crippen LogP contribution in [0.3, 0.4) is 0 Å². The van der Waals surface area contributed by atoms with E-state index in [1.807, 2.05) is 0 Å². The highest BCUT2D eigenvalue weighted by Crippen LogP contribution is 2.33. The molecular formula is C16H23ClO3S. The van der Waals surface area contributed by atoms with Crippen molar-refractivity contribution >= 4 is 19.7 Å². The molecule has 1 saturated carbocycles. The number of ether oxygens (including phenoxy) is 1. The second kappa shape index (κ2) is 7.01. The maximum Gasteiger partial charge on any atom is 0.261 e. The van der Waals surface area contributed by atoms with E-state index in [2.05, 4.69) is 13.8 Å². The minimum Gasteiger partial charge on any atom is -0.493 e. The quantitative estimate of drug-likeness (QED) is 0.710. The topological polar surface area (TPSA) is 43.4 Å². The van der Waals surface area contributed by atoms with Crippen molar-refractivity contribution in [2.45, 2.75) is 56.8 Å². The van der Waals surface area contributed by atoms with E-state index in [0.29, 0.717) is 5.92 Å². The molecule has 21 heavy (non-hydrogen) atoms. The van der Waals surface area contributed by atoms with Crippen LogP contribution in [0.5, 0.6) is 5.75 Å². The Bertz CT molecular complexity index is 577. The molecule has 1 fully saturated rings. The summed E-state index contributed by atoms with van der Waals surface area (Å²) in [5.74, 6) is 1.66. The molecule has 0 amide bonds. The Labute approximate surface area is 132 Å². The van der Waals surface area contributed by atoms with Gasteiger partial charge in [0.15, 0.2) is 0 Å². The SMILES string of the molecule is CCC(C)c1cc(S(=O)(=O)Cl)ccc1OCC1CCCC1. The average molecular weight is 331 g/mol. The molecule has 3 nitrogen and oxygen atoms in total. The Morgan fingerprint density at radius 1 is 1.33 bits per heavy atom. The fourth-order valence-electron chi connectivity index (χ4n) is 2.80. The first-order valence-corrected chi connectivity index (χ1v) is 9.94. The number of hydrogen-bond acceptors (Lipinski definition) is 3. The molecule has 0 N–H and O–H groups in total. The highest BCUT2D eigenvalue weighted by Gasteiger charge is 2.19. The summed E-state index contributed by atoms with van der Waals surface area (Å²) in [5.41, 5.74) is 0.928. The van der Waals surface area contributed by atoms with Gasteiger partial charge < -0.3 is 4.74 Å². The summed E-state index contributed by atoms with van der Waals surface area (Å²) in [6, 6.07) is 4.92. The van der Waals surface area contributed by atoms with Crippen LogP contribution in [0.2, 0.25) is 0 Å². The van der Waals surface area contributed by atoms with Gasteiger partial charge in [-0.2, -0.15) is 0 Å². The minimum atomic E-state index is -3.70. The summed E-state index contributed by atoms with van der Waals surface area (Å²) in [6.45, 7) is 4.87. The van der Waals surface area contributed by atoms with E-state index in [1.165, 1.54) is 31.7 Å². The fraction of sp³-hybridized carbons (Fsp3) is 0.625. The van der Waals surface area contributed by atoms with Crippen molar-refractivity contribution in [1.82, 2.24) is 0 Å². The van der Waals surface area contributed by atoms with Gasteiger partial charge >= 0.3 is 0 Å². The number of halogens is 1. The zero-order valence-corrected chi connectivity index (χ0v) is 14.2. The molecule has 1 aliphatic rings. The second-order valence-electron chi connectivity index (χ2n) is 5.91. The Balaban J connectivity index is 2.22. The van der Waals surface area contributed by atoms with Crippen LogP contribution < -0.4 is 4.74 Å². The molecule has 0 spiro atoms. The monoisotopic (exact) mass is 330 g/mol. The molecule has 2 rings (SSSR count). The highest BCUT2D eigenvalue weighted by molar-refractivity contribution is 8.13. The van der Waals surface area contributed by atoms with Crippen molar-refractivity contribution in [3.63, 3.8) is 0 Å². The lowest BCUT2D eigenvalue weighted by atomic mass is 9.97. The summed E-state index contributed by atoms with van der Waals surface area (Å²) < 4.78 is 29.0. The summed E-state index contributed by atoms with van der Waals surface area (Å²) in [4.78, 5) is 0.146. The lowest BCUT2D eigenvalue weighted by Gasteiger charge is -2.18. The Morgan fingerprint density at radius 3 is 2.57 bits per heavy atom. The summed E-state index contributed by atoms with van der Waals surface area (Å²) in [5, 5.41) is 0. The first kappa shape index (κ1) is 16.6. The van der Waals surface area contributed by atoms with E-state index in [4.69, 9.17) is 15.4 Å². The maximum absolute atomic E-state index is 11.5. The number of benzene rings is 1. The summed E-state index contributed by atoms with van der Waals surface area (Å²) in [7, 11) is 1.75. The minimum absolute atomic E-state index is 0.146. The van der Waals surface area contributed by atoms with Gasteiger partial charge in [0.2, 0.25) is 0 Å². The molecule has 1 aliphatic carbocycles. The van der Waals surface area contributed by atoms with Crippen molar-refractivity contribution in [3.05, 3.63) is 23.8 Å². The lowest BCUT2D eigenvalue weighted by Crippen LogP contribution is -2.10. The van der Waals surface area contributed by atoms with E-state index >= 15 is 0 Å². The van der Waals surface area contributed by atoms with Crippen LogP contribution in [0, 0.1) is 5.92 Å². The van der Waals surface area contributed by atoms with Gasteiger partial charge in [-0.3, -0.25) is 0 Å². The van der Waals surface area contributed by atoms with E-state index in [9.17, 15) is 8.42 Å². The molecule has 0 heterocycles. The predicted molar refractivity (Wildman–Crippen MR) is 85.6 cm³/mol. The molecule has 0 bridgehead atoms. The first-order chi connectivity index (χ1) is 9.91. The van der Waals surface area contributed by atoms with Crippen LogP contribution in [-0.4, -0.2) is 15.0 Å².